The van der Waals surface area contributed by atoms with Crippen molar-refractivity contribution >= 4 is 32.8 Å². The molecule has 0 spiro atoms. The van der Waals surface area contributed by atoms with Gasteiger partial charge in [0.15, 0.2) is 0 Å². The number of rotatable bonds is 7. The van der Waals surface area contributed by atoms with E-state index in [1.54, 1.807) is 12.1 Å². The van der Waals surface area contributed by atoms with Crippen LogP contribution >= 0.6 is 11.7 Å². The van der Waals surface area contributed by atoms with Gasteiger partial charge in [-0.25, -0.2) is 13.1 Å². The van der Waals surface area contributed by atoms with Crippen LogP contribution in [0.2, 0.25) is 0 Å². The van der Waals surface area contributed by atoms with Crippen LogP contribution in [-0.4, -0.2) is 47.6 Å². The maximum absolute atomic E-state index is 12.6. The summed E-state index contributed by atoms with van der Waals surface area (Å²) in [5.74, 6) is 0. The number of hydrogen-bond donors (Lipinski definition) is 2. The van der Waals surface area contributed by atoms with Crippen LogP contribution in [0.25, 0.3) is 11.0 Å². The molecule has 1 aromatic heterocycles. The standard InChI is InChI=1S/C14H19N3O4S2/c18-8-9-21-14(6-1-2-7-14)10-15-23(19,20)12-5-3-4-11-13(12)17-22-16-11/h3-5,15,18H,1-2,6-10H2. The van der Waals surface area contributed by atoms with E-state index in [2.05, 4.69) is 13.5 Å². The van der Waals surface area contributed by atoms with Gasteiger partial charge in [-0.1, -0.05) is 18.9 Å². The van der Waals surface area contributed by atoms with E-state index in [-0.39, 0.29) is 24.7 Å². The number of aromatic nitrogens is 2. The van der Waals surface area contributed by atoms with Gasteiger partial charge in [0.2, 0.25) is 10.0 Å². The molecule has 1 aromatic carbocycles. The average molecular weight is 357 g/mol. The lowest BCUT2D eigenvalue weighted by molar-refractivity contribution is -0.0492. The number of sulfonamides is 1. The van der Waals surface area contributed by atoms with Gasteiger partial charge in [0.05, 0.1) is 30.5 Å². The zero-order chi connectivity index (χ0) is 16.3. The summed E-state index contributed by atoms with van der Waals surface area (Å²) < 4.78 is 41.8. The third-order valence-corrected chi connectivity index (χ3v) is 6.11. The fourth-order valence-corrected chi connectivity index (χ4v) is 4.83. The van der Waals surface area contributed by atoms with Gasteiger partial charge in [0, 0.05) is 6.54 Å². The molecule has 3 rings (SSSR count). The molecular weight excluding hydrogens is 338 g/mol. The Balaban J connectivity index is 1.79. The molecule has 7 nitrogen and oxygen atoms in total. The number of nitrogens with zero attached hydrogens (tertiary/aromatic N) is 2. The summed E-state index contributed by atoms with van der Waals surface area (Å²) in [6, 6.07) is 4.93. The lowest BCUT2D eigenvalue weighted by Gasteiger charge is -2.29. The summed E-state index contributed by atoms with van der Waals surface area (Å²) in [4.78, 5) is 0.138. The van der Waals surface area contributed by atoms with Crippen LogP contribution in [0.5, 0.6) is 0 Å². The predicted molar refractivity (Wildman–Crippen MR) is 86.8 cm³/mol. The van der Waals surface area contributed by atoms with E-state index >= 15 is 0 Å². The molecule has 2 aromatic rings. The number of aliphatic hydroxyl groups excluding tert-OH is 1. The van der Waals surface area contributed by atoms with Crippen LogP contribution in [-0.2, 0) is 14.8 Å². The highest BCUT2D eigenvalue weighted by Gasteiger charge is 2.36. The number of ether oxygens (including phenoxy) is 1. The highest BCUT2D eigenvalue weighted by atomic mass is 32.2. The first-order valence-corrected chi connectivity index (χ1v) is 9.73. The van der Waals surface area contributed by atoms with Crippen LogP contribution in [0, 0.1) is 0 Å². The van der Waals surface area contributed by atoms with Gasteiger partial charge < -0.3 is 9.84 Å². The first-order chi connectivity index (χ1) is 11.1. The molecule has 1 heterocycles. The van der Waals surface area contributed by atoms with Crippen molar-refractivity contribution in [3.63, 3.8) is 0 Å². The lowest BCUT2D eigenvalue weighted by atomic mass is 10.0. The van der Waals surface area contributed by atoms with Crippen LogP contribution < -0.4 is 4.72 Å². The summed E-state index contributed by atoms with van der Waals surface area (Å²) in [6.45, 7) is 0.342. The highest BCUT2D eigenvalue weighted by molar-refractivity contribution is 7.89. The first kappa shape index (κ1) is 16.7. The van der Waals surface area contributed by atoms with Crippen LogP contribution in [0.1, 0.15) is 25.7 Å². The molecule has 0 amide bonds. The third kappa shape index (κ3) is 3.53. The fourth-order valence-electron chi connectivity index (χ4n) is 2.96. The summed E-state index contributed by atoms with van der Waals surface area (Å²) >= 11 is 0.992. The topological polar surface area (TPSA) is 101 Å². The van der Waals surface area contributed by atoms with Crippen LogP contribution in [0.4, 0.5) is 0 Å². The van der Waals surface area contributed by atoms with E-state index in [1.807, 2.05) is 0 Å². The van der Waals surface area contributed by atoms with Crippen molar-refractivity contribution in [2.75, 3.05) is 19.8 Å². The van der Waals surface area contributed by atoms with Crippen LogP contribution in [0.15, 0.2) is 23.1 Å². The molecule has 0 atom stereocenters. The lowest BCUT2D eigenvalue weighted by Crippen LogP contribution is -2.43. The first-order valence-electron chi connectivity index (χ1n) is 7.52. The molecule has 1 fully saturated rings. The molecule has 126 valence electrons. The molecule has 0 radical (unpaired) electrons. The quantitative estimate of drug-likeness (QED) is 0.774. The molecule has 23 heavy (non-hydrogen) atoms. The maximum Gasteiger partial charge on any atom is 0.242 e. The van der Waals surface area contributed by atoms with Crippen molar-refractivity contribution in [2.24, 2.45) is 0 Å². The Kier molecular flexibility index (Phi) is 4.93. The van der Waals surface area contributed by atoms with E-state index in [9.17, 15) is 8.42 Å². The summed E-state index contributed by atoms with van der Waals surface area (Å²) in [7, 11) is -3.70. The van der Waals surface area contributed by atoms with Crippen molar-refractivity contribution in [1.29, 1.82) is 0 Å². The Morgan fingerprint density at radius 3 is 2.83 bits per heavy atom. The third-order valence-electron chi connectivity index (χ3n) is 4.14. The van der Waals surface area contributed by atoms with E-state index < -0.39 is 15.6 Å². The van der Waals surface area contributed by atoms with E-state index in [0.29, 0.717) is 11.0 Å². The monoisotopic (exact) mass is 357 g/mol. The molecule has 2 N–H and O–H groups in total. The molecule has 0 unspecified atom stereocenters. The Bertz CT molecular complexity index is 769. The molecule has 9 heteroatoms. The van der Waals surface area contributed by atoms with Gasteiger partial charge in [-0.15, -0.1) is 0 Å². The van der Waals surface area contributed by atoms with Gasteiger partial charge in [-0.2, -0.15) is 8.75 Å². The molecule has 1 aliphatic rings. The minimum Gasteiger partial charge on any atom is -0.394 e. The van der Waals surface area contributed by atoms with E-state index in [4.69, 9.17) is 9.84 Å². The molecule has 1 saturated carbocycles. The second-order valence-corrected chi connectivity index (χ2v) is 7.94. The van der Waals surface area contributed by atoms with Crippen molar-refractivity contribution in [1.82, 2.24) is 13.5 Å². The number of hydrogen-bond acceptors (Lipinski definition) is 7. The Morgan fingerprint density at radius 2 is 2.09 bits per heavy atom. The molecule has 0 bridgehead atoms. The highest BCUT2D eigenvalue weighted by Crippen LogP contribution is 2.33. The van der Waals surface area contributed by atoms with Gasteiger partial charge in [0.1, 0.15) is 15.9 Å². The van der Waals surface area contributed by atoms with E-state index in [1.165, 1.54) is 6.07 Å². The predicted octanol–water partition coefficient (Wildman–Crippen LogP) is 1.29. The zero-order valence-corrected chi connectivity index (χ0v) is 14.2. The number of benzene rings is 1. The molecular formula is C14H19N3O4S2. The number of fused-ring (bicyclic) bond motifs is 1. The van der Waals surface area contributed by atoms with Gasteiger partial charge in [-0.3, -0.25) is 0 Å². The molecule has 0 aliphatic heterocycles. The largest absolute Gasteiger partial charge is 0.394 e. The summed E-state index contributed by atoms with van der Waals surface area (Å²) in [6.07, 6.45) is 3.58. The van der Waals surface area contributed by atoms with Gasteiger partial charge in [-0.05, 0) is 25.0 Å². The minimum absolute atomic E-state index is 0.0711. The van der Waals surface area contributed by atoms with Crippen molar-refractivity contribution in [3.05, 3.63) is 18.2 Å². The maximum atomic E-state index is 12.6. The van der Waals surface area contributed by atoms with Crippen molar-refractivity contribution < 1.29 is 18.3 Å². The van der Waals surface area contributed by atoms with Gasteiger partial charge >= 0.3 is 0 Å². The smallest absolute Gasteiger partial charge is 0.242 e. The van der Waals surface area contributed by atoms with Crippen molar-refractivity contribution in [3.8, 4) is 0 Å². The Morgan fingerprint density at radius 1 is 1.30 bits per heavy atom. The fraction of sp³-hybridized carbons (Fsp3) is 0.571. The summed E-state index contributed by atoms with van der Waals surface area (Å²) in [5, 5.41) is 8.96. The number of nitrogens with one attached hydrogen (secondary N) is 1. The van der Waals surface area contributed by atoms with Crippen LogP contribution in [0.3, 0.4) is 0 Å². The average Bonchev–Trinajstić information content (AvgIpc) is 3.20. The van der Waals surface area contributed by atoms with Crippen molar-refractivity contribution in [2.45, 2.75) is 36.2 Å². The Hall–Kier alpha value is -1.13. The minimum atomic E-state index is -3.70. The SMILES string of the molecule is O=S(=O)(NCC1(OCCO)CCCC1)c1cccc2nsnc12. The molecule has 1 aliphatic carbocycles. The normalized spacial score (nSPS) is 17.8. The molecule has 0 saturated heterocycles. The second kappa shape index (κ2) is 6.78. The number of aliphatic hydroxyl groups is 1. The Labute approximate surface area is 139 Å². The summed E-state index contributed by atoms with van der Waals surface area (Å²) in [5.41, 5.74) is 0.441. The second-order valence-electron chi connectivity index (χ2n) is 5.67. The van der Waals surface area contributed by atoms with E-state index in [0.717, 1.165) is 37.4 Å². The zero-order valence-electron chi connectivity index (χ0n) is 12.6. The van der Waals surface area contributed by atoms with Gasteiger partial charge in [0.25, 0.3) is 0 Å².